The molecule has 14 heavy (non-hydrogen) atoms. The molecule has 1 heteroatoms. The molecule has 0 radical (unpaired) electrons. The van der Waals surface area contributed by atoms with Gasteiger partial charge in [0.2, 0.25) is 0 Å². The summed E-state index contributed by atoms with van der Waals surface area (Å²) in [4.78, 5) is 0. The summed E-state index contributed by atoms with van der Waals surface area (Å²) in [7, 11) is 0. The molecule has 2 atom stereocenters. The topological polar surface area (TPSA) is 0 Å². The molecule has 0 amide bonds. The molecule has 0 aliphatic heterocycles. The van der Waals surface area contributed by atoms with Crippen LogP contribution in [0.15, 0.2) is 42.5 Å². The van der Waals surface area contributed by atoms with Crippen LogP contribution >= 0.6 is 0 Å². The molecule has 0 spiro atoms. The molecule has 74 valence electrons. The van der Waals surface area contributed by atoms with Crippen LogP contribution in [0.5, 0.6) is 0 Å². The molecule has 2 unspecified atom stereocenters. The van der Waals surface area contributed by atoms with Crippen LogP contribution in [0.3, 0.4) is 0 Å². The van der Waals surface area contributed by atoms with Gasteiger partial charge in [0.15, 0.2) is 0 Å². The first-order valence-electron chi connectivity index (χ1n) is 5.14. The van der Waals surface area contributed by atoms with Crippen LogP contribution in [0, 0.1) is 0 Å². The monoisotopic (exact) mass is 190 g/mol. The lowest BCUT2D eigenvalue weighted by Gasteiger charge is -2.27. The van der Waals surface area contributed by atoms with Crippen molar-refractivity contribution in [2.24, 2.45) is 0 Å². The van der Waals surface area contributed by atoms with Crippen LogP contribution in [-0.4, -0.2) is 6.17 Å². The molecule has 1 fully saturated rings. The van der Waals surface area contributed by atoms with Crippen molar-refractivity contribution >= 4 is 0 Å². The number of hydrogen-bond acceptors (Lipinski definition) is 0. The second-order valence-corrected chi connectivity index (χ2v) is 3.99. The molecule has 0 nitrogen and oxygen atoms in total. The Morgan fingerprint density at radius 3 is 2.64 bits per heavy atom. The number of benzene rings is 1. The number of hydrogen-bond donors (Lipinski definition) is 0. The molecule has 2 rings (SSSR count). The van der Waals surface area contributed by atoms with Gasteiger partial charge in [-0.2, -0.15) is 0 Å². The van der Waals surface area contributed by atoms with Gasteiger partial charge in [-0.25, -0.2) is 4.39 Å². The highest BCUT2D eigenvalue weighted by atomic mass is 19.1. The summed E-state index contributed by atoms with van der Waals surface area (Å²) in [5, 5.41) is 0. The maximum Gasteiger partial charge on any atom is 0.101 e. The molecule has 0 heterocycles. The number of allylic oxidation sites excluding steroid dienone is 1. The lowest BCUT2D eigenvalue weighted by Crippen LogP contribution is -2.16. The van der Waals surface area contributed by atoms with E-state index in [0.717, 1.165) is 6.42 Å². The van der Waals surface area contributed by atoms with Crippen molar-refractivity contribution in [3.63, 3.8) is 0 Å². The summed E-state index contributed by atoms with van der Waals surface area (Å²) in [6.45, 7) is 4.04. The first-order chi connectivity index (χ1) is 6.77. The van der Waals surface area contributed by atoms with Crippen LogP contribution in [-0.2, 0) is 0 Å². The minimum absolute atomic E-state index is 0.236. The van der Waals surface area contributed by atoms with Crippen molar-refractivity contribution in [3.05, 3.63) is 48.0 Å². The van der Waals surface area contributed by atoms with Crippen molar-refractivity contribution in [2.75, 3.05) is 0 Å². The third-order valence-corrected chi connectivity index (χ3v) is 2.96. The quantitative estimate of drug-likeness (QED) is 0.590. The van der Waals surface area contributed by atoms with Crippen LogP contribution in [0.4, 0.5) is 4.39 Å². The average molecular weight is 190 g/mol. The van der Waals surface area contributed by atoms with Gasteiger partial charge in [-0.05, 0) is 24.8 Å². The van der Waals surface area contributed by atoms with E-state index in [1.54, 1.807) is 0 Å². The zero-order valence-corrected chi connectivity index (χ0v) is 8.25. The van der Waals surface area contributed by atoms with Gasteiger partial charge in [0.25, 0.3) is 0 Å². The Morgan fingerprint density at radius 1 is 1.21 bits per heavy atom. The largest absolute Gasteiger partial charge is 0.247 e. The highest BCUT2D eigenvalue weighted by Gasteiger charge is 2.25. The van der Waals surface area contributed by atoms with E-state index in [-0.39, 0.29) is 5.92 Å². The smallest absolute Gasteiger partial charge is 0.101 e. The third-order valence-electron chi connectivity index (χ3n) is 2.96. The molecule has 0 saturated heterocycles. The molecule has 1 aliphatic rings. The number of alkyl halides is 1. The summed E-state index contributed by atoms with van der Waals surface area (Å²) < 4.78 is 13.3. The summed E-state index contributed by atoms with van der Waals surface area (Å²) >= 11 is 0. The second-order valence-electron chi connectivity index (χ2n) is 3.99. The molecule has 0 aromatic heterocycles. The van der Waals surface area contributed by atoms with E-state index in [2.05, 4.69) is 18.7 Å². The van der Waals surface area contributed by atoms with Crippen molar-refractivity contribution in [1.82, 2.24) is 0 Å². The maximum absolute atomic E-state index is 13.3. The highest BCUT2D eigenvalue weighted by molar-refractivity contribution is 5.29. The van der Waals surface area contributed by atoms with Crippen LogP contribution in [0.25, 0.3) is 0 Å². The SMILES string of the molecule is C=C1CCC(F)CC1c1ccccc1. The fourth-order valence-corrected chi connectivity index (χ4v) is 2.11. The molecule has 0 bridgehead atoms. The normalized spacial score (nSPS) is 27.6. The van der Waals surface area contributed by atoms with E-state index in [1.165, 1.54) is 11.1 Å². The lowest BCUT2D eigenvalue weighted by atomic mass is 9.80. The van der Waals surface area contributed by atoms with Gasteiger partial charge in [0.05, 0.1) is 0 Å². The van der Waals surface area contributed by atoms with Crippen LogP contribution in [0.2, 0.25) is 0 Å². The molecular weight excluding hydrogens is 175 g/mol. The molecule has 1 aromatic carbocycles. The summed E-state index contributed by atoms with van der Waals surface area (Å²) in [5.74, 6) is 0.236. The van der Waals surface area contributed by atoms with Crippen molar-refractivity contribution in [1.29, 1.82) is 0 Å². The van der Waals surface area contributed by atoms with Gasteiger partial charge < -0.3 is 0 Å². The Morgan fingerprint density at radius 2 is 1.93 bits per heavy atom. The minimum Gasteiger partial charge on any atom is -0.247 e. The Kier molecular flexibility index (Phi) is 2.67. The Labute approximate surface area is 84.5 Å². The van der Waals surface area contributed by atoms with E-state index in [4.69, 9.17) is 0 Å². The summed E-state index contributed by atoms with van der Waals surface area (Å²) in [6.07, 6.45) is 1.46. The zero-order valence-electron chi connectivity index (χ0n) is 8.25. The van der Waals surface area contributed by atoms with E-state index in [0.29, 0.717) is 12.8 Å². The first kappa shape index (κ1) is 9.45. The van der Waals surface area contributed by atoms with Crippen molar-refractivity contribution in [2.45, 2.75) is 31.4 Å². The van der Waals surface area contributed by atoms with Gasteiger partial charge in [0.1, 0.15) is 6.17 Å². The summed E-state index contributed by atoms with van der Waals surface area (Å²) in [6, 6.07) is 10.1. The third kappa shape index (κ3) is 1.87. The van der Waals surface area contributed by atoms with Crippen molar-refractivity contribution in [3.8, 4) is 0 Å². The molecule has 1 aromatic rings. The first-order valence-corrected chi connectivity index (χ1v) is 5.14. The fourth-order valence-electron chi connectivity index (χ4n) is 2.11. The summed E-state index contributed by atoms with van der Waals surface area (Å²) in [5.41, 5.74) is 2.39. The number of halogens is 1. The van der Waals surface area contributed by atoms with Gasteiger partial charge in [-0.1, -0.05) is 42.5 Å². The van der Waals surface area contributed by atoms with E-state index < -0.39 is 6.17 Å². The van der Waals surface area contributed by atoms with E-state index in [1.807, 2.05) is 18.2 Å². The molecular formula is C13H15F. The Bertz CT molecular complexity index is 315. The zero-order chi connectivity index (χ0) is 9.97. The van der Waals surface area contributed by atoms with Gasteiger partial charge in [-0.15, -0.1) is 0 Å². The van der Waals surface area contributed by atoms with Crippen molar-refractivity contribution < 1.29 is 4.39 Å². The Hall–Kier alpha value is -1.11. The molecule has 1 saturated carbocycles. The van der Waals surface area contributed by atoms with Crippen LogP contribution < -0.4 is 0 Å². The van der Waals surface area contributed by atoms with E-state index in [9.17, 15) is 4.39 Å². The highest BCUT2D eigenvalue weighted by Crippen LogP contribution is 2.37. The second kappa shape index (κ2) is 3.95. The molecule has 1 aliphatic carbocycles. The van der Waals surface area contributed by atoms with Gasteiger partial charge >= 0.3 is 0 Å². The fraction of sp³-hybridized carbons (Fsp3) is 0.385. The predicted octanol–water partition coefficient (Wildman–Crippen LogP) is 3.85. The van der Waals surface area contributed by atoms with Gasteiger partial charge in [-0.3, -0.25) is 0 Å². The lowest BCUT2D eigenvalue weighted by molar-refractivity contribution is 0.262. The minimum atomic E-state index is -0.647. The molecule has 0 N–H and O–H groups in total. The maximum atomic E-state index is 13.3. The Balaban J connectivity index is 2.20. The standard InChI is InChI=1S/C13H15F/c1-10-7-8-12(14)9-13(10)11-5-3-2-4-6-11/h2-6,12-13H,1,7-9H2. The average Bonchev–Trinajstić information content (AvgIpc) is 2.23. The van der Waals surface area contributed by atoms with Crippen LogP contribution in [0.1, 0.15) is 30.7 Å². The van der Waals surface area contributed by atoms with E-state index >= 15 is 0 Å². The van der Waals surface area contributed by atoms with Gasteiger partial charge in [0, 0.05) is 5.92 Å². The number of rotatable bonds is 1. The predicted molar refractivity (Wildman–Crippen MR) is 57.1 cm³/mol.